The van der Waals surface area contributed by atoms with Gasteiger partial charge in [-0.15, -0.1) is 0 Å². The molecule has 5 heteroatoms. The lowest BCUT2D eigenvalue weighted by atomic mass is 9.44. The monoisotopic (exact) mass is 618 g/mol. The molecular weight excluding hydrogens is 572 g/mol. The van der Waals surface area contributed by atoms with Crippen molar-refractivity contribution in [2.45, 2.75) is 85.5 Å². The molecule has 2 heterocycles. The zero-order valence-electron chi connectivity index (χ0n) is 27.6. The van der Waals surface area contributed by atoms with E-state index in [-0.39, 0.29) is 41.4 Å². The summed E-state index contributed by atoms with van der Waals surface area (Å²) in [6.07, 6.45) is 12.6. The molecule has 0 radical (unpaired) electrons. The van der Waals surface area contributed by atoms with Crippen LogP contribution in [0.1, 0.15) is 91.0 Å². The third-order valence-electron chi connectivity index (χ3n) is 11.4. The Morgan fingerprint density at radius 3 is 2.50 bits per heavy atom. The van der Waals surface area contributed by atoms with Crippen LogP contribution >= 0.6 is 0 Å². The fourth-order valence-corrected chi connectivity index (χ4v) is 9.28. The molecule has 0 amide bonds. The Kier molecular flexibility index (Phi) is 8.07. The van der Waals surface area contributed by atoms with E-state index < -0.39 is 5.41 Å². The molecule has 2 fully saturated rings. The number of phenols is 1. The number of phenolic OH excluding ortho intramolecular Hbond substituents is 1. The second-order valence-electron chi connectivity index (χ2n) is 14.4. The van der Waals surface area contributed by atoms with Crippen LogP contribution in [-0.2, 0) is 19.1 Å². The summed E-state index contributed by atoms with van der Waals surface area (Å²) in [5.41, 5.74) is 5.71. The maximum absolute atomic E-state index is 14.4. The molecule has 1 N–H and O–H groups in total. The van der Waals surface area contributed by atoms with Gasteiger partial charge in [-0.1, -0.05) is 76.9 Å². The summed E-state index contributed by atoms with van der Waals surface area (Å²) in [6.45, 7) is 8.84. The molecule has 5 atom stereocenters. The standard InChI is InChI=1S/C41H46O5/c1-5-7-13-33-31-19-18-30-29-20-21-41(37(30)36(31)39(43)45-33)34(22-25(6-2)15-14-24(3)4)46-40(44)38(41)35(29)32-23-27(42)16-17-28(32)26-11-9-8-10-12-26/h8-13,16-17,22-25,29-30,37,42H,5-7,14-15,18-21H2,1-4H3/t25-,29+,30+,37+,41+/m1/s1. The van der Waals surface area contributed by atoms with Gasteiger partial charge in [-0.3, -0.25) is 0 Å². The lowest BCUT2D eigenvalue weighted by molar-refractivity contribution is -0.135. The van der Waals surface area contributed by atoms with Crippen molar-refractivity contribution >= 4 is 17.5 Å². The Bertz CT molecular complexity index is 1690. The van der Waals surface area contributed by atoms with E-state index in [1.54, 1.807) is 6.07 Å². The molecular formula is C41H46O5. The maximum Gasteiger partial charge on any atom is 0.340 e. The first kappa shape index (κ1) is 30.8. The number of benzene rings is 2. The number of unbranched alkanes of at least 4 members (excludes halogenated alkanes) is 1. The quantitative estimate of drug-likeness (QED) is 0.283. The van der Waals surface area contributed by atoms with Crippen LogP contribution in [-0.4, -0.2) is 17.0 Å². The van der Waals surface area contributed by atoms with Crippen LogP contribution in [0.15, 0.2) is 88.9 Å². The van der Waals surface area contributed by atoms with Crippen LogP contribution in [0.3, 0.4) is 0 Å². The number of rotatable bonds is 9. The van der Waals surface area contributed by atoms with Crippen LogP contribution in [0.25, 0.3) is 16.7 Å². The van der Waals surface area contributed by atoms with Gasteiger partial charge in [0.05, 0.1) is 11.0 Å². The molecule has 1 saturated heterocycles. The van der Waals surface area contributed by atoms with Crippen molar-refractivity contribution in [3.8, 4) is 16.9 Å². The fraction of sp³-hybridized carbons (Fsp3) is 0.463. The summed E-state index contributed by atoms with van der Waals surface area (Å²) >= 11 is 0. The number of cyclic esters (lactones) is 2. The second kappa shape index (κ2) is 12.1. The summed E-state index contributed by atoms with van der Waals surface area (Å²) in [5, 5.41) is 10.9. The first-order valence-corrected chi connectivity index (χ1v) is 17.5. The third-order valence-corrected chi connectivity index (χ3v) is 11.4. The van der Waals surface area contributed by atoms with Gasteiger partial charge in [0.25, 0.3) is 0 Å². The highest BCUT2D eigenvalue weighted by Gasteiger charge is 2.68. The van der Waals surface area contributed by atoms with Crippen molar-refractivity contribution in [2.24, 2.45) is 35.0 Å². The minimum Gasteiger partial charge on any atom is -0.508 e. The average Bonchev–Trinajstić information content (AvgIpc) is 3.54. The van der Waals surface area contributed by atoms with Crippen molar-refractivity contribution in [1.29, 1.82) is 0 Å². The summed E-state index contributed by atoms with van der Waals surface area (Å²) in [7, 11) is 0. The average molecular weight is 619 g/mol. The van der Waals surface area contributed by atoms with Crippen LogP contribution in [0, 0.1) is 35.0 Å². The number of fused-ring (bicyclic) bond motifs is 1. The number of aromatic hydroxyl groups is 1. The highest BCUT2D eigenvalue weighted by atomic mass is 16.5. The zero-order chi connectivity index (χ0) is 32.2. The Morgan fingerprint density at radius 2 is 1.76 bits per heavy atom. The molecule has 2 aromatic carbocycles. The number of ether oxygens (including phenoxy) is 2. The molecule has 2 aromatic rings. The molecule has 0 unspecified atom stereocenters. The zero-order valence-corrected chi connectivity index (χ0v) is 27.6. The molecule has 2 aliphatic heterocycles. The van der Waals surface area contributed by atoms with Gasteiger partial charge in [0.15, 0.2) is 0 Å². The van der Waals surface area contributed by atoms with E-state index >= 15 is 0 Å². The molecule has 2 bridgehead atoms. The largest absolute Gasteiger partial charge is 0.508 e. The van der Waals surface area contributed by atoms with Gasteiger partial charge in [-0.25, -0.2) is 9.59 Å². The Balaban J connectivity index is 1.48. The van der Waals surface area contributed by atoms with Crippen molar-refractivity contribution in [2.75, 3.05) is 0 Å². The highest BCUT2D eigenvalue weighted by Crippen LogP contribution is 2.72. The molecule has 46 heavy (non-hydrogen) atoms. The predicted molar refractivity (Wildman–Crippen MR) is 180 cm³/mol. The summed E-state index contributed by atoms with van der Waals surface area (Å²) in [4.78, 5) is 28.2. The van der Waals surface area contributed by atoms with Gasteiger partial charge in [0, 0.05) is 17.1 Å². The van der Waals surface area contributed by atoms with Gasteiger partial charge in [0.1, 0.15) is 17.3 Å². The number of esters is 2. The minimum absolute atomic E-state index is 0.0615. The lowest BCUT2D eigenvalue weighted by Crippen LogP contribution is -2.52. The normalized spacial score (nSPS) is 28.9. The van der Waals surface area contributed by atoms with Crippen molar-refractivity contribution < 1.29 is 24.2 Å². The minimum atomic E-state index is -0.739. The summed E-state index contributed by atoms with van der Waals surface area (Å²) < 4.78 is 12.4. The molecule has 5 nitrogen and oxygen atoms in total. The van der Waals surface area contributed by atoms with Crippen molar-refractivity contribution in [3.63, 3.8) is 0 Å². The van der Waals surface area contributed by atoms with E-state index in [0.29, 0.717) is 11.5 Å². The van der Waals surface area contributed by atoms with Gasteiger partial charge < -0.3 is 14.6 Å². The smallest absolute Gasteiger partial charge is 0.340 e. The van der Waals surface area contributed by atoms with Crippen LogP contribution in [0.5, 0.6) is 5.75 Å². The SMILES string of the molecule is CCCC=C1OC(=O)C2=C1CC[C@H]1[C@@H]3CC[C@]4(C(=C[C@H](CC)CCC(C)C)OC(=O)C4=C3c3cc(O)ccc3-c3ccccc3)[C@H]21. The van der Waals surface area contributed by atoms with E-state index in [2.05, 4.69) is 52.0 Å². The predicted octanol–water partition coefficient (Wildman–Crippen LogP) is 9.69. The Morgan fingerprint density at radius 1 is 0.957 bits per heavy atom. The number of hydrogen-bond acceptors (Lipinski definition) is 5. The van der Waals surface area contributed by atoms with E-state index in [0.717, 1.165) is 103 Å². The topological polar surface area (TPSA) is 72.8 Å². The van der Waals surface area contributed by atoms with Gasteiger partial charge in [-0.2, -0.15) is 0 Å². The third kappa shape index (κ3) is 4.80. The number of hydrogen-bond donors (Lipinski definition) is 1. The maximum atomic E-state index is 14.4. The summed E-state index contributed by atoms with van der Waals surface area (Å²) in [6, 6.07) is 15.7. The lowest BCUT2D eigenvalue weighted by Gasteiger charge is -2.56. The first-order chi connectivity index (χ1) is 22.3. The van der Waals surface area contributed by atoms with Crippen LogP contribution in [0.4, 0.5) is 0 Å². The Labute approximate surface area is 273 Å². The molecule has 4 aliphatic carbocycles. The van der Waals surface area contributed by atoms with E-state index in [9.17, 15) is 14.7 Å². The van der Waals surface area contributed by atoms with Crippen molar-refractivity contribution in [1.82, 2.24) is 0 Å². The summed E-state index contributed by atoms with van der Waals surface area (Å²) in [5.74, 6) is 1.99. The second-order valence-corrected chi connectivity index (χ2v) is 14.4. The number of allylic oxidation sites excluding steroid dienone is 5. The molecule has 0 aromatic heterocycles. The molecule has 240 valence electrons. The highest BCUT2D eigenvalue weighted by molar-refractivity contribution is 6.07. The fourth-order valence-electron chi connectivity index (χ4n) is 9.28. The van der Waals surface area contributed by atoms with E-state index in [1.165, 1.54) is 0 Å². The number of carbonyl (C=O) groups is 2. The molecule has 8 rings (SSSR count). The van der Waals surface area contributed by atoms with Crippen LogP contribution < -0.4 is 0 Å². The van der Waals surface area contributed by atoms with Gasteiger partial charge >= 0.3 is 11.9 Å². The Hall–Kier alpha value is -3.86. The van der Waals surface area contributed by atoms with E-state index in [1.807, 2.05) is 30.3 Å². The molecule has 1 spiro atoms. The number of carbonyl (C=O) groups excluding carboxylic acids is 2. The van der Waals surface area contributed by atoms with Crippen LogP contribution in [0.2, 0.25) is 0 Å². The molecule has 6 aliphatic rings. The van der Waals surface area contributed by atoms with Gasteiger partial charge in [-0.05, 0) is 115 Å². The molecule has 1 saturated carbocycles. The van der Waals surface area contributed by atoms with Crippen molar-refractivity contribution in [3.05, 3.63) is 94.5 Å². The van der Waals surface area contributed by atoms with E-state index in [4.69, 9.17) is 9.47 Å². The van der Waals surface area contributed by atoms with Gasteiger partial charge in [0.2, 0.25) is 0 Å². The first-order valence-electron chi connectivity index (χ1n) is 17.5.